The molecule has 0 spiro atoms. The summed E-state index contributed by atoms with van der Waals surface area (Å²) in [6, 6.07) is 23.0. The molecule has 6 nitrogen and oxygen atoms in total. The zero-order valence-corrected chi connectivity index (χ0v) is 18.9. The lowest BCUT2D eigenvalue weighted by Gasteiger charge is -2.33. The number of rotatable bonds is 6. The van der Waals surface area contributed by atoms with E-state index in [0.717, 1.165) is 11.1 Å². The number of carbonyl (C=O) groups excluding carboxylic acids is 2. The highest BCUT2D eigenvalue weighted by Crippen LogP contribution is 2.30. The van der Waals surface area contributed by atoms with Gasteiger partial charge in [-0.15, -0.1) is 0 Å². The largest absolute Gasteiger partial charge is 0.496 e. The van der Waals surface area contributed by atoms with Gasteiger partial charge in [-0.1, -0.05) is 48.5 Å². The minimum Gasteiger partial charge on any atom is -0.496 e. The topological polar surface area (TPSA) is 67.9 Å². The third-order valence-electron chi connectivity index (χ3n) is 6.01. The highest BCUT2D eigenvalue weighted by Gasteiger charge is 2.28. The van der Waals surface area contributed by atoms with Crippen molar-refractivity contribution in [3.63, 3.8) is 0 Å². The van der Waals surface area contributed by atoms with E-state index in [1.807, 2.05) is 54.6 Å². The fourth-order valence-corrected chi connectivity index (χ4v) is 4.16. The van der Waals surface area contributed by atoms with E-state index >= 15 is 0 Å². The van der Waals surface area contributed by atoms with Crippen LogP contribution in [0.2, 0.25) is 0 Å². The van der Waals surface area contributed by atoms with Crippen LogP contribution < -0.4 is 14.8 Å². The lowest BCUT2D eigenvalue weighted by molar-refractivity contribution is 0.0691. The second-order valence-corrected chi connectivity index (χ2v) is 8.02. The van der Waals surface area contributed by atoms with Gasteiger partial charge < -0.3 is 19.7 Å². The molecule has 1 aliphatic heterocycles. The van der Waals surface area contributed by atoms with Gasteiger partial charge in [0.25, 0.3) is 11.8 Å². The quantitative estimate of drug-likeness (QED) is 0.612. The molecule has 1 fully saturated rings. The van der Waals surface area contributed by atoms with E-state index in [-0.39, 0.29) is 17.9 Å². The van der Waals surface area contributed by atoms with Gasteiger partial charge in [0.1, 0.15) is 17.1 Å². The van der Waals surface area contributed by atoms with E-state index in [4.69, 9.17) is 9.47 Å². The zero-order valence-electron chi connectivity index (χ0n) is 18.9. The van der Waals surface area contributed by atoms with Gasteiger partial charge in [-0.3, -0.25) is 9.59 Å². The van der Waals surface area contributed by atoms with Crippen molar-refractivity contribution in [2.45, 2.75) is 18.9 Å². The van der Waals surface area contributed by atoms with Crippen molar-refractivity contribution in [1.29, 1.82) is 0 Å². The van der Waals surface area contributed by atoms with Crippen molar-refractivity contribution in [3.05, 3.63) is 83.9 Å². The molecule has 3 aromatic carbocycles. The first-order chi connectivity index (χ1) is 16.1. The van der Waals surface area contributed by atoms with E-state index in [0.29, 0.717) is 48.6 Å². The molecular formula is C27H28N2O4. The van der Waals surface area contributed by atoms with E-state index in [2.05, 4.69) is 5.32 Å². The van der Waals surface area contributed by atoms with Crippen LogP contribution in [0.15, 0.2) is 72.8 Å². The van der Waals surface area contributed by atoms with Crippen LogP contribution in [0, 0.1) is 0 Å². The van der Waals surface area contributed by atoms with Crippen LogP contribution in [0.3, 0.4) is 0 Å². The summed E-state index contributed by atoms with van der Waals surface area (Å²) in [5.74, 6) is 0.777. The minimum atomic E-state index is -0.120. The van der Waals surface area contributed by atoms with Crippen LogP contribution in [-0.4, -0.2) is 50.1 Å². The molecule has 0 aromatic heterocycles. The van der Waals surface area contributed by atoms with Crippen molar-refractivity contribution in [2.24, 2.45) is 0 Å². The number of carbonyl (C=O) groups is 2. The molecule has 0 aliphatic carbocycles. The Morgan fingerprint density at radius 2 is 1.36 bits per heavy atom. The van der Waals surface area contributed by atoms with Crippen LogP contribution in [0.25, 0.3) is 11.1 Å². The van der Waals surface area contributed by atoms with Gasteiger partial charge in [-0.25, -0.2) is 0 Å². The van der Waals surface area contributed by atoms with Gasteiger partial charge in [0.2, 0.25) is 0 Å². The summed E-state index contributed by atoms with van der Waals surface area (Å²) < 4.78 is 10.7. The van der Waals surface area contributed by atoms with E-state index in [9.17, 15) is 9.59 Å². The number of hydrogen-bond donors (Lipinski definition) is 1. The molecule has 170 valence electrons. The summed E-state index contributed by atoms with van der Waals surface area (Å²) in [4.78, 5) is 27.7. The number of likely N-dealkylation sites (tertiary alicyclic amines) is 1. The molecule has 1 saturated heterocycles. The number of piperidine rings is 1. The molecular weight excluding hydrogens is 416 g/mol. The van der Waals surface area contributed by atoms with Crippen molar-refractivity contribution in [1.82, 2.24) is 10.2 Å². The van der Waals surface area contributed by atoms with Crippen LogP contribution in [0.5, 0.6) is 11.5 Å². The van der Waals surface area contributed by atoms with Gasteiger partial charge in [-0.05, 0) is 48.2 Å². The summed E-state index contributed by atoms with van der Waals surface area (Å²) in [5, 5.41) is 3.11. The molecule has 3 aromatic rings. The lowest BCUT2D eigenvalue weighted by atomic mass is 10.0. The number of nitrogens with zero attached hydrogens (tertiary/aromatic N) is 1. The fourth-order valence-electron chi connectivity index (χ4n) is 4.16. The highest BCUT2D eigenvalue weighted by molar-refractivity contribution is 6.00. The summed E-state index contributed by atoms with van der Waals surface area (Å²) in [5.41, 5.74) is 3.26. The second-order valence-electron chi connectivity index (χ2n) is 8.02. The number of nitrogens with one attached hydrogen (secondary N) is 1. The standard InChI is InChI=1S/C27H28N2O4/c1-32-23-9-6-10-24(33-2)25(23)27(31)29-17-15-22(16-18-29)28-26(30)21-13-11-20(12-14-21)19-7-4-3-5-8-19/h3-14,22H,15-18H2,1-2H3,(H,28,30). The number of methoxy groups -OCH3 is 2. The Morgan fingerprint density at radius 1 is 0.788 bits per heavy atom. The van der Waals surface area contributed by atoms with E-state index in [1.54, 1.807) is 37.3 Å². The maximum Gasteiger partial charge on any atom is 0.261 e. The second kappa shape index (κ2) is 10.2. The molecule has 33 heavy (non-hydrogen) atoms. The van der Waals surface area contributed by atoms with Crippen LogP contribution in [0.1, 0.15) is 33.6 Å². The summed E-state index contributed by atoms with van der Waals surface area (Å²) in [6.07, 6.45) is 1.38. The third kappa shape index (κ3) is 5.00. The average molecular weight is 445 g/mol. The Hall–Kier alpha value is -3.80. The van der Waals surface area contributed by atoms with Gasteiger partial charge >= 0.3 is 0 Å². The Labute approximate surface area is 194 Å². The maximum absolute atomic E-state index is 13.1. The Bertz CT molecular complexity index is 1080. The van der Waals surface area contributed by atoms with Crippen LogP contribution in [0.4, 0.5) is 0 Å². The predicted octanol–water partition coefficient (Wildman–Crippen LogP) is 4.41. The van der Waals surface area contributed by atoms with Gasteiger partial charge in [0.15, 0.2) is 0 Å². The van der Waals surface area contributed by atoms with E-state index < -0.39 is 0 Å². The van der Waals surface area contributed by atoms with Crippen LogP contribution >= 0.6 is 0 Å². The Balaban J connectivity index is 1.35. The molecule has 6 heteroatoms. The summed E-state index contributed by atoms with van der Waals surface area (Å²) in [6.45, 7) is 1.11. The lowest BCUT2D eigenvalue weighted by Crippen LogP contribution is -2.46. The SMILES string of the molecule is COc1cccc(OC)c1C(=O)N1CCC(NC(=O)c2ccc(-c3ccccc3)cc2)CC1. The first-order valence-electron chi connectivity index (χ1n) is 11.1. The first kappa shape index (κ1) is 22.4. The van der Waals surface area contributed by atoms with Crippen molar-refractivity contribution >= 4 is 11.8 Å². The molecule has 0 atom stereocenters. The van der Waals surface area contributed by atoms with Gasteiger partial charge in [-0.2, -0.15) is 0 Å². The predicted molar refractivity (Wildman–Crippen MR) is 128 cm³/mol. The van der Waals surface area contributed by atoms with Crippen molar-refractivity contribution in [2.75, 3.05) is 27.3 Å². The van der Waals surface area contributed by atoms with Crippen molar-refractivity contribution < 1.29 is 19.1 Å². The number of ether oxygens (including phenoxy) is 2. The first-order valence-corrected chi connectivity index (χ1v) is 11.1. The summed E-state index contributed by atoms with van der Waals surface area (Å²) in [7, 11) is 3.08. The molecule has 0 unspecified atom stereocenters. The number of benzene rings is 3. The van der Waals surface area contributed by atoms with Gasteiger partial charge in [0.05, 0.1) is 14.2 Å². The van der Waals surface area contributed by atoms with Crippen molar-refractivity contribution in [3.8, 4) is 22.6 Å². The van der Waals surface area contributed by atoms with E-state index in [1.165, 1.54) is 0 Å². The number of hydrogen-bond acceptors (Lipinski definition) is 4. The smallest absolute Gasteiger partial charge is 0.261 e. The van der Waals surface area contributed by atoms with Gasteiger partial charge in [0, 0.05) is 24.7 Å². The molecule has 0 bridgehead atoms. The zero-order chi connectivity index (χ0) is 23.2. The highest BCUT2D eigenvalue weighted by atomic mass is 16.5. The molecule has 1 N–H and O–H groups in total. The minimum absolute atomic E-state index is 0.0231. The fraction of sp³-hybridized carbons (Fsp3) is 0.259. The third-order valence-corrected chi connectivity index (χ3v) is 6.01. The Morgan fingerprint density at radius 3 is 1.94 bits per heavy atom. The molecule has 4 rings (SSSR count). The molecule has 2 amide bonds. The normalized spacial score (nSPS) is 13.9. The monoisotopic (exact) mass is 444 g/mol. The maximum atomic E-state index is 13.1. The average Bonchev–Trinajstić information content (AvgIpc) is 2.88. The molecule has 0 radical (unpaired) electrons. The molecule has 1 heterocycles. The molecule has 1 aliphatic rings. The molecule has 0 saturated carbocycles. The number of amides is 2. The Kier molecular flexibility index (Phi) is 6.93. The summed E-state index contributed by atoms with van der Waals surface area (Å²) >= 11 is 0. The van der Waals surface area contributed by atoms with Crippen LogP contribution in [-0.2, 0) is 0 Å².